The van der Waals surface area contributed by atoms with Gasteiger partial charge in [-0.05, 0) is 35.9 Å². The first-order valence-corrected chi connectivity index (χ1v) is 7.01. The lowest BCUT2D eigenvalue weighted by Gasteiger charge is -1.99. The molecule has 3 rings (SSSR count). The highest BCUT2D eigenvalue weighted by Crippen LogP contribution is 2.19. The van der Waals surface area contributed by atoms with Crippen LogP contribution in [0.2, 0.25) is 0 Å². The van der Waals surface area contributed by atoms with Crippen LogP contribution in [0.3, 0.4) is 0 Å². The molecule has 0 unspecified atom stereocenters. The summed E-state index contributed by atoms with van der Waals surface area (Å²) in [6.45, 7) is 0. The topological polar surface area (TPSA) is 72.0 Å². The van der Waals surface area contributed by atoms with Crippen molar-refractivity contribution in [3.8, 4) is 0 Å². The van der Waals surface area contributed by atoms with Crippen molar-refractivity contribution >= 4 is 35.3 Å². The number of ether oxygens (including phenoxy) is 1. The number of carbonyl (C=O) groups excluding carboxylic acids is 2. The number of nitrogens with one attached hydrogen (secondary N) is 1. The number of rotatable bonds is 4. The Balaban J connectivity index is 1.85. The molecule has 0 fully saturated rings. The molecule has 114 valence electrons. The predicted molar refractivity (Wildman–Crippen MR) is 88.2 cm³/mol. The van der Waals surface area contributed by atoms with Crippen LogP contribution in [0.25, 0.3) is 23.1 Å². The first-order chi connectivity index (χ1) is 11.2. The summed E-state index contributed by atoms with van der Waals surface area (Å²) in [5.74, 6) is -0.357. The standard InChI is InChI=1S/C18H14N2O3/c1-23-18(22)14-6-2-12(3-7-14)5-9-16-15-8-4-13(11-21)10-17(15)20-19-16/h2-11H,1H3,(H,19,20)/b9-5+. The lowest BCUT2D eigenvalue weighted by Crippen LogP contribution is -2.00. The first kappa shape index (κ1) is 14.7. The van der Waals surface area contributed by atoms with Gasteiger partial charge in [0.1, 0.15) is 6.29 Å². The second-order valence-electron chi connectivity index (χ2n) is 4.98. The lowest BCUT2D eigenvalue weighted by atomic mass is 10.1. The van der Waals surface area contributed by atoms with E-state index in [1.807, 2.05) is 30.4 Å². The molecule has 1 heterocycles. The van der Waals surface area contributed by atoms with Gasteiger partial charge in [0.15, 0.2) is 0 Å². The van der Waals surface area contributed by atoms with Crippen molar-refractivity contribution < 1.29 is 14.3 Å². The molecule has 0 aliphatic rings. The fourth-order valence-electron chi connectivity index (χ4n) is 2.28. The number of hydrogen-bond donors (Lipinski definition) is 1. The Hall–Kier alpha value is -3.21. The van der Waals surface area contributed by atoms with Gasteiger partial charge in [0.2, 0.25) is 0 Å². The Labute approximate surface area is 132 Å². The molecule has 5 nitrogen and oxygen atoms in total. The molecular formula is C18H14N2O3. The number of nitrogens with zero attached hydrogens (tertiary/aromatic N) is 1. The number of H-pyrrole nitrogens is 1. The second kappa shape index (κ2) is 6.27. The quantitative estimate of drug-likeness (QED) is 0.593. The number of hydrogen-bond acceptors (Lipinski definition) is 4. The minimum absolute atomic E-state index is 0.357. The van der Waals surface area contributed by atoms with E-state index in [2.05, 4.69) is 14.9 Å². The van der Waals surface area contributed by atoms with Crippen LogP contribution in [0.4, 0.5) is 0 Å². The smallest absolute Gasteiger partial charge is 0.337 e. The fourth-order valence-corrected chi connectivity index (χ4v) is 2.28. The summed E-state index contributed by atoms with van der Waals surface area (Å²) in [4.78, 5) is 22.2. The fraction of sp³-hybridized carbons (Fsp3) is 0.0556. The molecule has 0 aliphatic heterocycles. The van der Waals surface area contributed by atoms with Crippen molar-refractivity contribution in [2.75, 3.05) is 7.11 Å². The van der Waals surface area contributed by atoms with Gasteiger partial charge in [0.05, 0.1) is 23.9 Å². The highest BCUT2D eigenvalue weighted by atomic mass is 16.5. The highest BCUT2D eigenvalue weighted by Gasteiger charge is 2.05. The Morgan fingerprint density at radius 3 is 2.52 bits per heavy atom. The van der Waals surface area contributed by atoms with E-state index in [1.165, 1.54) is 7.11 Å². The molecule has 0 bridgehead atoms. The lowest BCUT2D eigenvalue weighted by molar-refractivity contribution is 0.0600. The minimum atomic E-state index is -0.357. The average molecular weight is 306 g/mol. The van der Waals surface area contributed by atoms with Crippen LogP contribution in [-0.4, -0.2) is 29.6 Å². The van der Waals surface area contributed by atoms with Crippen molar-refractivity contribution in [3.63, 3.8) is 0 Å². The number of aromatic amines is 1. The molecule has 0 atom stereocenters. The largest absolute Gasteiger partial charge is 0.465 e. The van der Waals surface area contributed by atoms with Crippen LogP contribution in [-0.2, 0) is 4.74 Å². The van der Waals surface area contributed by atoms with E-state index in [1.54, 1.807) is 24.3 Å². The Kier molecular flexibility index (Phi) is 4.01. The number of fused-ring (bicyclic) bond motifs is 1. The maximum atomic E-state index is 11.4. The maximum absolute atomic E-state index is 11.4. The molecule has 0 radical (unpaired) electrons. The zero-order valence-corrected chi connectivity index (χ0v) is 12.4. The normalized spacial score (nSPS) is 11.0. The van der Waals surface area contributed by atoms with Gasteiger partial charge < -0.3 is 4.74 Å². The predicted octanol–water partition coefficient (Wildman–Crippen LogP) is 3.33. The van der Waals surface area contributed by atoms with Crippen LogP contribution in [0.15, 0.2) is 42.5 Å². The molecule has 3 aromatic rings. The Bertz CT molecular complexity index is 892. The van der Waals surface area contributed by atoms with Gasteiger partial charge in [-0.15, -0.1) is 0 Å². The summed E-state index contributed by atoms with van der Waals surface area (Å²) in [5, 5.41) is 8.10. The number of benzene rings is 2. The van der Waals surface area contributed by atoms with E-state index in [0.717, 1.165) is 28.4 Å². The number of methoxy groups -OCH3 is 1. The third-order valence-corrected chi connectivity index (χ3v) is 3.52. The zero-order chi connectivity index (χ0) is 16.2. The molecule has 1 aromatic heterocycles. The molecule has 5 heteroatoms. The van der Waals surface area contributed by atoms with E-state index in [-0.39, 0.29) is 5.97 Å². The molecular weight excluding hydrogens is 292 g/mol. The van der Waals surface area contributed by atoms with Gasteiger partial charge in [-0.25, -0.2) is 4.79 Å². The van der Waals surface area contributed by atoms with Gasteiger partial charge in [0, 0.05) is 10.9 Å². The van der Waals surface area contributed by atoms with Gasteiger partial charge in [-0.3, -0.25) is 9.89 Å². The van der Waals surface area contributed by atoms with Crippen LogP contribution in [0.1, 0.15) is 32.0 Å². The summed E-state index contributed by atoms with van der Waals surface area (Å²) < 4.78 is 4.67. The van der Waals surface area contributed by atoms with Gasteiger partial charge in [-0.2, -0.15) is 5.10 Å². The molecule has 0 spiro atoms. The molecule has 2 aromatic carbocycles. The third-order valence-electron chi connectivity index (χ3n) is 3.52. The molecule has 1 N–H and O–H groups in total. The Morgan fingerprint density at radius 1 is 1.09 bits per heavy atom. The second-order valence-corrected chi connectivity index (χ2v) is 4.98. The highest BCUT2D eigenvalue weighted by molar-refractivity contribution is 5.93. The average Bonchev–Trinajstić information content (AvgIpc) is 3.01. The van der Waals surface area contributed by atoms with Crippen LogP contribution < -0.4 is 0 Å². The van der Waals surface area contributed by atoms with E-state index >= 15 is 0 Å². The van der Waals surface area contributed by atoms with Crippen LogP contribution in [0, 0.1) is 0 Å². The van der Waals surface area contributed by atoms with E-state index in [9.17, 15) is 9.59 Å². The van der Waals surface area contributed by atoms with E-state index in [4.69, 9.17) is 0 Å². The van der Waals surface area contributed by atoms with Gasteiger partial charge in [-0.1, -0.05) is 24.3 Å². The third kappa shape index (κ3) is 3.03. The van der Waals surface area contributed by atoms with Gasteiger partial charge >= 0.3 is 5.97 Å². The van der Waals surface area contributed by atoms with Crippen LogP contribution >= 0.6 is 0 Å². The van der Waals surface area contributed by atoms with Gasteiger partial charge in [0.25, 0.3) is 0 Å². The number of esters is 1. The van der Waals surface area contributed by atoms with Crippen molar-refractivity contribution in [2.24, 2.45) is 0 Å². The number of carbonyl (C=O) groups is 2. The molecule has 0 saturated carbocycles. The summed E-state index contributed by atoms with van der Waals surface area (Å²) >= 11 is 0. The molecule has 0 saturated heterocycles. The monoisotopic (exact) mass is 306 g/mol. The number of aromatic nitrogens is 2. The Morgan fingerprint density at radius 2 is 1.83 bits per heavy atom. The van der Waals surface area contributed by atoms with Crippen molar-refractivity contribution in [1.29, 1.82) is 0 Å². The molecule has 0 aliphatic carbocycles. The first-order valence-electron chi connectivity index (χ1n) is 7.01. The molecule has 0 amide bonds. The van der Waals surface area contributed by atoms with Crippen molar-refractivity contribution in [1.82, 2.24) is 10.2 Å². The summed E-state index contributed by atoms with van der Waals surface area (Å²) in [7, 11) is 1.36. The number of aldehydes is 1. The van der Waals surface area contributed by atoms with E-state index < -0.39 is 0 Å². The SMILES string of the molecule is COC(=O)c1ccc(/C=C/c2n[nH]c3cc(C=O)ccc23)cc1. The minimum Gasteiger partial charge on any atom is -0.465 e. The van der Waals surface area contributed by atoms with E-state index in [0.29, 0.717) is 11.1 Å². The van der Waals surface area contributed by atoms with Crippen molar-refractivity contribution in [2.45, 2.75) is 0 Å². The molecule has 23 heavy (non-hydrogen) atoms. The zero-order valence-electron chi connectivity index (χ0n) is 12.4. The summed E-state index contributed by atoms with van der Waals surface area (Å²) in [6.07, 6.45) is 4.59. The van der Waals surface area contributed by atoms with Crippen LogP contribution in [0.5, 0.6) is 0 Å². The summed E-state index contributed by atoms with van der Waals surface area (Å²) in [5.41, 5.74) is 3.66. The van der Waals surface area contributed by atoms with Crippen molar-refractivity contribution in [3.05, 3.63) is 64.8 Å². The maximum Gasteiger partial charge on any atom is 0.337 e. The summed E-state index contributed by atoms with van der Waals surface area (Å²) in [6, 6.07) is 12.5.